The Bertz CT molecular complexity index is 800. The molecule has 1 aliphatic carbocycles. The van der Waals surface area contributed by atoms with Gasteiger partial charge in [0.15, 0.2) is 0 Å². The number of nitrogens with zero attached hydrogens (tertiary/aromatic N) is 1. The second-order valence-electron chi connectivity index (χ2n) is 5.20. The van der Waals surface area contributed by atoms with E-state index in [9.17, 15) is 23.2 Å². The summed E-state index contributed by atoms with van der Waals surface area (Å²) in [5.74, 6) is -0.518. The predicted octanol–water partition coefficient (Wildman–Crippen LogP) is 4.38. The summed E-state index contributed by atoms with van der Waals surface area (Å²) in [6, 6.07) is 6.11. The van der Waals surface area contributed by atoms with Crippen LogP contribution in [0.25, 0.3) is 0 Å². The lowest BCUT2D eigenvalue weighted by molar-refractivity contribution is -0.137. The van der Waals surface area contributed by atoms with E-state index in [1.54, 1.807) is 0 Å². The first-order chi connectivity index (χ1) is 10.9. The van der Waals surface area contributed by atoms with Gasteiger partial charge in [0, 0.05) is 10.4 Å². The molecule has 1 aromatic carbocycles. The van der Waals surface area contributed by atoms with Gasteiger partial charge in [-0.15, -0.1) is 11.3 Å². The van der Waals surface area contributed by atoms with Crippen LogP contribution in [0.5, 0.6) is 0 Å². The molecule has 1 aliphatic rings. The van der Waals surface area contributed by atoms with E-state index in [-0.39, 0.29) is 5.56 Å². The minimum absolute atomic E-state index is 0.121. The summed E-state index contributed by atoms with van der Waals surface area (Å²) in [4.78, 5) is 13.3. The highest BCUT2D eigenvalue weighted by atomic mass is 32.1. The fourth-order valence-corrected chi connectivity index (χ4v) is 3.83. The SMILES string of the molecule is N#Cc1c(NC(=O)c2ccc(C(F)(F)F)cc2)sc2c1CCC2. The normalized spacial score (nSPS) is 13.5. The third-order valence-electron chi connectivity index (χ3n) is 3.73. The van der Waals surface area contributed by atoms with E-state index in [1.807, 2.05) is 0 Å². The Morgan fingerprint density at radius 3 is 2.52 bits per heavy atom. The van der Waals surface area contributed by atoms with E-state index in [1.165, 1.54) is 11.3 Å². The fraction of sp³-hybridized carbons (Fsp3) is 0.250. The molecule has 0 aliphatic heterocycles. The predicted molar refractivity (Wildman–Crippen MR) is 80.5 cm³/mol. The lowest BCUT2D eigenvalue weighted by Crippen LogP contribution is -2.13. The molecule has 0 saturated heterocycles. The maximum Gasteiger partial charge on any atom is 0.416 e. The van der Waals surface area contributed by atoms with Gasteiger partial charge in [0.2, 0.25) is 0 Å². The van der Waals surface area contributed by atoms with Crippen LogP contribution in [0.1, 0.15) is 38.3 Å². The van der Waals surface area contributed by atoms with Crippen LogP contribution in [0.15, 0.2) is 24.3 Å². The second kappa shape index (κ2) is 5.70. The molecule has 3 rings (SSSR count). The number of fused-ring (bicyclic) bond motifs is 1. The molecule has 1 aromatic heterocycles. The molecule has 23 heavy (non-hydrogen) atoms. The molecular formula is C16H11F3N2OS. The minimum atomic E-state index is -4.43. The number of benzene rings is 1. The van der Waals surface area contributed by atoms with E-state index in [0.717, 1.165) is 54.0 Å². The van der Waals surface area contributed by atoms with Crippen molar-refractivity contribution in [2.75, 3.05) is 5.32 Å². The molecule has 3 nitrogen and oxygen atoms in total. The third kappa shape index (κ3) is 2.94. The number of hydrogen-bond donors (Lipinski definition) is 1. The first-order valence-corrected chi connectivity index (χ1v) is 7.75. The van der Waals surface area contributed by atoms with Crippen molar-refractivity contribution < 1.29 is 18.0 Å². The molecule has 118 valence electrons. The molecule has 0 bridgehead atoms. The van der Waals surface area contributed by atoms with Gasteiger partial charge in [-0.3, -0.25) is 4.79 Å². The van der Waals surface area contributed by atoms with Gasteiger partial charge in [-0.1, -0.05) is 0 Å². The lowest BCUT2D eigenvalue weighted by Gasteiger charge is -2.08. The quantitative estimate of drug-likeness (QED) is 0.885. The number of hydrogen-bond acceptors (Lipinski definition) is 3. The topological polar surface area (TPSA) is 52.9 Å². The highest BCUT2D eigenvalue weighted by molar-refractivity contribution is 7.16. The van der Waals surface area contributed by atoms with E-state index in [0.29, 0.717) is 10.6 Å². The highest BCUT2D eigenvalue weighted by Crippen LogP contribution is 2.38. The average molecular weight is 336 g/mol. The van der Waals surface area contributed by atoms with Crippen molar-refractivity contribution in [3.05, 3.63) is 51.4 Å². The van der Waals surface area contributed by atoms with Crippen LogP contribution in [0.3, 0.4) is 0 Å². The first kappa shape index (κ1) is 15.6. The average Bonchev–Trinajstić information content (AvgIpc) is 3.06. The molecule has 2 aromatic rings. The van der Waals surface area contributed by atoms with E-state index in [2.05, 4.69) is 11.4 Å². The zero-order chi connectivity index (χ0) is 16.6. The summed E-state index contributed by atoms with van der Waals surface area (Å²) >= 11 is 1.37. The Kier molecular flexibility index (Phi) is 3.86. The van der Waals surface area contributed by atoms with E-state index in [4.69, 9.17) is 0 Å². The van der Waals surface area contributed by atoms with Crippen LogP contribution in [-0.2, 0) is 19.0 Å². The molecule has 7 heteroatoms. The monoisotopic (exact) mass is 336 g/mol. The molecule has 1 amide bonds. The highest BCUT2D eigenvalue weighted by Gasteiger charge is 2.30. The van der Waals surface area contributed by atoms with Crippen molar-refractivity contribution in [3.63, 3.8) is 0 Å². The van der Waals surface area contributed by atoms with Crippen LogP contribution in [0.2, 0.25) is 0 Å². The number of amides is 1. The number of aryl methyl sites for hydroxylation is 1. The summed E-state index contributed by atoms with van der Waals surface area (Å²) in [6.45, 7) is 0. The summed E-state index contributed by atoms with van der Waals surface area (Å²) in [5, 5.41) is 12.4. The van der Waals surface area contributed by atoms with E-state index < -0.39 is 17.6 Å². The summed E-state index contributed by atoms with van der Waals surface area (Å²) < 4.78 is 37.6. The Morgan fingerprint density at radius 1 is 1.22 bits per heavy atom. The number of thiophene rings is 1. The molecule has 0 fully saturated rings. The molecular weight excluding hydrogens is 325 g/mol. The fourth-order valence-electron chi connectivity index (χ4n) is 2.60. The van der Waals surface area contributed by atoms with Gasteiger partial charge in [0.05, 0.1) is 11.1 Å². The Labute approximate surface area is 134 Å². The van der Waals surface area contributed by atoms with Crippen molar-refractivity contribution in [3.8, 4) is 6.07 Å². The van der Waals surface area contributed by atoms with Crippen molar-refractivity contribution >= 4 is 22.2 Å². The van der Waals surface area contributed by atoms with Crippen molar-refractivity contribution in [1.29, 1.82) is 5.26 Å². The number of carbonyl (C=O) groups is 1. The van der Waals surface area contributed by atoms with Gasteiger partial charge >= 0.3 is 6.18 Å². The Hall–Kier alpha value is -2.33. The zero-order valence-electron chi connectivity index (χ0n) is 11.8. The number of carbonyl (C=O) groups excluding carboxylic acids is 1. The largest absolute Gasteiger partial charge is 0.416 e. The maximum atomic E-state index is 12.5. The van der Waals surface area contributed by atoms with Crippen LogP contribution in [0.4, 0.5) is 18.2 Å². The number of halogens is 3. The van der Waals surface area contributed by atoms with Gasteiger partial charge in [0.25, 0.3) is 5.91 Å². The molecule has 0 unspecified atom stereocenters. The lowest BCUT2D eigenvalue weighted by atomic mass is 10.1. The van der Waals surface area contributed by atoms with Gasteiger partial charge < -0.3 is 5.32 Å². The van der Waals surface area contributed by atoms with Gasteiger partial charge in [-0.25, -0.2) is 0 Å². The smallest absolute Gasteiger partial charge is 0.312 e. The van der Waals surface area contributed by atoms with Crippen molar-refractivity contribution in [2.45, 2.75) is 25.4 Å². The standard InChI is InChI=1S/C16H11F3N2OS/c17-16(18,19)10-6-4-9(5-7-10)14(22)21-15-12(8-20)11-2-1-3-13(11)23-15/h4-7H,1-3H2,(H,21,22). The van der Waals surface area contributed by atoms with Crippen LogP contribution < -0.4 is 5.32 Å². The van der Waals surface area contributed by atoms with Crippen molar-refractivity contribution in [2.24, 2.45) is 0 Å². The number of rotatable bonds is 2. The van der Waals surface area contributed by atoms with Gasteiger partial charge in [-0.05, 0) is 49.1 Å². The first-order valence-electron chi connectivity index (χ1n) is 6.93. The molecule has 1 N–H and O–H groups in total. The molecule has 0 atom stereocenters. The van der Waals surface area contributed by atoms with Gasteiger partial charge in [0.1, 0.15) is 11.1 Å². The maximum absolute atomic E-state index is 12.5. The van der Waals surface area contributed by atoms with E-state index >= 15 is 0 Å². The third-order valence-corrected chi connectivity index (χ3v) is 4.94. The van der Waals surface area contributed by atoms with Crippen molar-refractivity contribution in [1.82, 2.24) is 0 Å². The number of alkyl halides is 3. The molecule has 1 heterocycles. The van der Waals surface area contributed by atoms with Crippen LogP contribution >= 0.6 is 11.3 Å². The molecule has 0 radical (unpaired) electrons. The van der Waals surface area contributed by atoms with Gasteiger partial charge in [-0.2, -0.15) is 18.4 Å². The van der Waals surface area contributed by atoms with Crippen LogP contribution in [0, 0.1) is 11.3 Å². The molecule has 0 saturated carbocycles. The number of anilines is 1. The van der Waals surface area contributed by atoms with Crippen LogP contribution in [-0.4, -0.2) is 5.91 Å². The number of nitriles is 1. The summed E-state index contributed by atoms with van der Waals surface area (Å²) in [5.41, 5.74) is 0.778. The second-order valence-corrected chi connectivity index (χ2v) is 6.31. The Morgan fingerprint density at radius 2 is 1.91 bits per heavy atom. The minimum Gasteiger partial charge on any atom is -0.312 e. The Balaban J connectivity index is 1.82. The molecule has 0 spiro atoms. The number of nitrogens with one attached hydrogen (secondary N) is 1. The summed E-state index contributed by atoms with van der Waals surface area (Å²) in [7, 11) is 0. The summed E-state index contributed by atoms with van der Waals surface area (Å²) in [6.07, 6.45) is -1.71. The zero-order valence-corrected chi connectivity index (χ0v) is 12.6.